The van der Waals surface area contributed by atoms with Crippen molar-refractivity contribution in [3.63, 3.8) is 0 Å². The van der Waals surface area contributed by atoms with Gasteiger partial charge in [-0.25, -0.2) is 0 Å². The Bertz CT molecular complexity index is 198. The molecule has 2 nitrogen and oxygen atoms in total. The molecule has 0 aromatic carbocycles. The van der Waals surface area contributed by atoms with E-state index in [1.165, 1.54) is 19.3 Å². The summed E-state index contributed by atoms with van der Waals surface area (Å²) in [6.07, 6.45) is 6.46. The van der Waals surface area contributed by atoms with Crippen LogP contribution < -0.4 is 0 Å². The quantitative estimate of drug-likeness (QED) is 0.569. The van der Waals surface area contributed by atoms with E-state index in [2.05, 4.69) is 34.7 Å². The van der Waals surface area contributed by atoms with E-state index < -0.39 is 0 Å². The number of amides is 1. The molecule has 1 aliphatic rings. The number of halogens is 1. The number of likely N-dealkylation sites (tertiary alicyclic amines) is 1. The SMILES string of the molecule is C[C@@H]1CCC[C@H](C)N1C(=O)CCCCBr. The molecule has 3 heteroatoms. The van der Waals surface area contributed by atoms with Gasteiger partial charge in [-0.2, -0.15) is 0 Å². The van der Waals surface area contributed by atoms with Crippen LogP contribution in [0, 0.1) is 0 Å². The zero-order valence-corrected chi connectivity index (χ0v) is 11.4. The number of nitrogens with zero attached hydrogens (tertiary/aromatic N) is 1. The van der Waals surface area contributed by atoms with Crippen molar-refractivity contribution >= 4 is 21.8 Å². The summed E-state index contributed by atoms with van der Waals surface area (Å²) in [5.74, 6) is 0.357. The van der Waals surface area contributed by atoms with Crippen LogP contribution in [0.5, 0.6) is 0 Å². The lowest BCUT2D eigenvalue weighted by atomic mass is 9.97. The second-order valence-corrected chi connectivity index (χ2v) is 5.37. The highest BCUT2D eigenvalue weighted by Crippen LogP contribution is 2.23. The smallest absolute Gasteiger partial charge is 0.223 e. The fourth-order valence-corrected chi connectivity index (χ4v) is 2.81. The Morgan fingerprint density at radius 1 is 1.27 bits per heavy atom. The van der Waals surface area contributed by atoms with Gasteiger partial charge in [0.25, 0.3) is 0 Å². The molecule has 0 aromatic heterocycles. The van der Waals surface area contributed by atoms with Gasteiger partial charge < -0.3 is 4.90 Å². The number of hydrogen-bond donors (Lipinski definition) is 0. The van der Waals surface area contributed by atoms with Crippen LogP contribution in [0.4, 0.5) is 0 Å². The third kappa shape index (κ3) is 3.78. The third-order valence-corrected chi connectivity index (χ3v) is 3.82. The molecule has 2 atom stereocenters. The Balaban J connectivity index is 2.41. The highest BCUT2D eigenvalue weighted by Gasteiger charge is 2.27. The second-order valence-electron chi connectivity index (χ2n) is 4.58. The third-order valence-electron chi connectivity index (χ3n) is 3.26. The van der Waals surface area contributed by atoms with Gasteiger partial charge in [-0.05, 0) is 46.0 Å². The molecule has 1 fully saturated rings. The first-order chi connectivity index (χ1) is 7.16. The van der Waals surface area contributed by atoms with Crippen LogP contribution in [0.25, 0.3) is 0 Å². The molecule has 1 aliphatic heterocycles. The lowest BCUT2D eigenvalue weighted by Crippen LogP contribution is -2.47. The van der Waals surface area contributed by atoms with E-state index in [-0.39, 0.29) is 0 Å². The van der Waals surface area contributed by atoms with Gasteiger partial charge >= 0.3 is 0 Å². The molecular formula is C12H22BrNO. The highest BCUT2D eigenvalue weighted by atomic mass is 79.9. The summed E-state index contributed by atoms with van der Waals surface area (Å²) >= 11 is 3.39. The van der Waals surface area contributed by atoms with Gasteiger partial charge in [-0.3, -0.25) is 4.79 Å². The van der Waals surface area contributed by atoms with Crippen molar-refractivity contribution < 1.29 is 4.79 Å². The maximum absolute atomic E-state index is 12.0. The molecule has 15 heavy (non-hydrogen) atoms. The largest absolute Gasteiger partial charge is 0.337 e. The Labute approximate surface area is 102 Å². The van der Waals surface area contributed by atoms with Crippen molar-refractivity contribution in [3.05, 3.63) is 0 Å². The lowest BCUT2D eigenvalue weighted by molar-refractivity contribution is -0.137. The van der Waals surface area contributed by atoms with Crippen LogP contribution in [-0.2, 0) is 4.79 Å². The van der Waals surface area contributed by atoms with Gasteiger partial charge in [0, 0.05) is 23.8 Å². The van der Waals surface area contributed by atoms with Crippen molar-refractivity contribution in [1.29, 1.82) is 0 Å². The van der Waals surface area contributed by atoms with Gasteiger partial charge in [-0.15, -0.1) is 0 Å². The number of carbonyl (C=O) groups is 1. The van der Waals surface area contributed by atoms with Crippen LogP contribution in [0.2, 0.25) is 0 Å². The second kappa shape index (κ2) is 6.51. The highest BCUT2D eigenvalue weighted by molar-refractivity contribution is 9.09. The number of hydrogen-bond acceptors (Lipinski definition) is 1. The van der Waals surface area contributed by atoms with Crippen molar-refractivity contribution in [2.75, 3.05) is 5.33 Å². The molecule has 0 aliphatic carbocycles. The molecule has 0 unspecified atom stereocenters. The standard InChI is InChI=1S/C12H22BrNO/c1-10-6-5-7-11(2)14(10)12(15)8-3-4-9-13/h10-11H,3-9H2,1-2H3/t10-,11+. The van der Waals surface area contributed by atoms with Crippen LogP contribution >= 0.6 is 15.9 Å². The zero-order valence-electron chi connectivity index (χ0n) is 9.84. The summed E-state index contributed by atoms with van der Waals surface area (Å²) in [6.45, 7) is 4.36. The summed E-state index contributed by atoms with van der Waals surface area (Å²) in [7, 11) is 0. The molecule has 0 spiro atoms. The Kier molecular flexibility index (Phi) is 5.65. The van der Waals surface area contributed by atoms with E-state index >= 15 is 0 Å². The van der Waals surface area contributed by atoms with Gasteiger partial charge in [-0.1, -0.05) is 15.9 Å². The molecule has 0 N–H and O–H groups in total. The van der Waals surface area contributed by atoms with E-state index in [1.807, 2.05) is 0 Å². The monoisotopic (exact) mass is 275 g/mol. The molecule has 1 rings (SSSR count). The molecule has 1 heterocycles. The van der Waals surface area contributed by atoms with E-state index in [0.717, 1.165) is 24.6 Å². The van der Waals surface area contributed by atoms with Crippen LogP contribution in [0.15, 0.2) is 0 Å². The first kappa shape index (κ1) is 13.0. The predicted octanol–water partition coefficient (Wildman–Crippen LogP) is 3.34. The Hall–Kier alpha value is -0.0500. The number of piperidine rings is 1. The van der Waals surface area contributed by atoms with Crippen LogP contribution in [0.1, 0.15) is 52.4 Å². The molecule has 0 radical (unpaired) electrons. The molecule has 0 bridgehead atoms. The molecular weight excluding hydrogens is 254 g/mol. The van der Waals surface area contributed by atoms with E-state index in [0.29, 0.717) is 18.0 Å². The maximum atomic E-state index is 12.0. The van der Waals surface area contributed by atoms with Crippen molar-refractivity contribution in [1.82, 2.24) is 4.90 Å². The fourth-order valence-electron chi connectivity index (χ4n) is 2.41. The number of unbranched alkanes of at least 4 members (excludes halogenated alkanes) is 1. The normalized spacial score (nSPS) is 26.7. The lowest BCUT2D eigenvalue weighted by Gasteiger charge is -2.39. The van der Waals surface area contributed by atoms with Gasteiger partial charge in [0.05, 0.1) is 0 Å². The molecule has 0 aromatic rings. The summed E-state index contributed by atoms with van der Waals surface area (Å²) < 4.78 is 0. The van der Waals surface area contributed by atoms with Gasteiger partial charge in [0.15, 0.2) is 0 Å². The molecule has 0 saturated carbocycles. The van der Waals surface area contributed by atoms with E-state index in [9.17, 15) is 4.79 Å². The van der Waals surface area contributed by atoms with Gasteiger partial charge in [0.2, 0.25) is 5.91 Å². The first-order valence-electron chi connectivity index (χ1n) is 6.04. The number of rotatable bonds is 4. The van der Waals surface area contributed by atoms with Crippen LogP contribution in [-0.4, -0.2) is 28.2 Å². The summed E-state index contributed by atoms with van der Waals surface area (Å²) in [5.41, 5.74) is 0. The average molecular weight is 276 g/mol. The van der Waals surface area contributed by atoms with E-state index in [1.54, 1.807) is 0 Å². The molecule has 1 amide bonds. The minimum atomic E-state index is 0.357. The van der Waals surface area contributed by atoms with Crippen LogP contribution in [0.3, 0.4) is 0 Å². The Morgan fingerprint density at radius 3 is 2.40 bits per heavy atom. The number of carbonyl (C=O) groups excluding carboxylic acids is 1. The summed E-state index contributed by atoms with van der Waals surface area (Å²) in [5, 5.41) is 1.01. The average Bonchev–Trinajstić information content (AvgIpc) is 2.18. The van der Waals surface area contributed by atoms with Gasteiger partial charge in [0.1, 0.15) is 0 Å². The minimum absolute atomic E-state index is 0.357. The molecule has 88 valence electrons. The minimum Gasteiger partial charge on any atom is -0.337 e. The summed E-state index contributed by atoms with van der Waals surface area (Å²) in [4.78, 5) is 14.1. The molecule has 1 saturated heterocycles. The summed E-state index contributed by atoms with van der Waals surface area (Å²) in [6, 6.07) is 0.899. The van der Waals surface area contributed by atoms with Crippen molar-refractivity contribution in [3.8, 4) is 0 Å². The maximum Gasteiger partial charge on any atom is 0.223 e. The first-order valence-corrected chi connectivity index (χ1v) is 7.16. The number of alkyl halides is 1. The predicted molar refractivity (Wildman–Crippen MR) is 67.3 cm³/mol. The fraction of sp³-hybridized carbons (Fsp3) is 0.917. The zero-order chi connectivity index (χ0) is 11.3. The topological polar surface area (TPSA) is 20.3 Å². The van der Waals surface area contributed by atoms with Crippen molar-refractivity contribution in [2.24, 2.45) is 0 Å². The van der Waals surface area contributed by atoms with E-state index in [4.69, 9.17) is 0 Å². The van der Waals surface area contributed by atoms with Crippen molar-refractivity contribution in [2.45, 2.75) is 64.5 Å². The Morgan fingerprint density at radius 2 is 1.87 bits per heavy atom.